The molecule has 0 bridgehead atoms. The standard InChI is InChI=1S/C17H15N3O2S2/c1-22-14-10-6-5-9-13(14)16-19-20-17(24-16)18-15(21)11-23-12-7-3-2-4-8-12/h2-10H,11H2,1H3,(H,18,20,21). The molecule has 0 aliphatic heterocycles. The monoisotopic (exact) mass is 357 g/mol. The lowest BCUT2D eigenvalue weighted by Gasteiger charge is -2.03. The number of anilines is 1. The van der Waals surface area contributed by atoms with E-state index in [1.165, 1.54) is 23.1 Å². The Balaban J connectivity index is 1.62. The summed E-state index contributed by atoms with van der Waals surface area (Å²) in [5.74, 6) is 0.950. The number of nitrogens with zero attached hydrogens (tertiary/aromatic N) is 2. The molecule has 5 nitrogen and oxygen atoms in total. The van der Waals surface area contributed by atoms with E-state index in [0.29, 0.717) is 15.9 Å². The third-order valence-corrected chi connectivity index (χ3v) is 5.01. The lowest BCUT2D eigenvalue weighted by atomic mass is 10.2. The van der Waals surface area contributed by atoms with E-state index in [0.717, 1.165) is 16.2 Å². The van der Waals surface area contributed by atoms with Crippen LogP contribution in [0.2, 0.25) is 0 Å². The number of ether oxygens (including phenoxy) is 1. The summed E-state index contributed by atoms with van der Waals surface area (Å²) in [6.45, 7) is 0. The number of amides is 1. The smallest absolute Gasteiger partial charge is 0.236 e. The van der Waals surface area contributed by atoms with E-state index in [9.17, 15) is 4.79 Å². The topological polar surface area (TPSA) is 64.1 Å². The molecule has 0 spiro atoms. The first-order chi connectivity index (χ1) is 11.8. The normalized spacial score (nSPS) is 10.4. The summed E-state index contributed by atoms with van der Waals surface area (Å²) >= 11 is 2.80. The van der Waals surface area contributed by atoms with Crippen molar-refractivity contribution < 1.29 is 9.53 Å². The molecule has 24 heavy (non-hydrogen) atoms. The maximum absolute atomic E-state index is 12.0. The molecule has 7 heteroatoms. The highest BCUT2D eigenvalue weighted by Crippen LogP contribution is 2.33. The van der Waals surface area contributed by atoms with Crippen LogP contribution in [0, 0.1) is 0 Å². The van der Waals surface area contributed by atoms with E-state index in [-0.39, 0.29) is 5.91 Å². The van der Waals surface area contributed by atoms with Gasteiger partial charge in [0.05, 0.1) is 18.4 Å². The highest BCUT2D eigenvalue weighted by molar-refractivity contribution is 8.00. The Bertz CT molecular complexity index is 821. The highest BCUT2D eigenvalue weighted by atomic mass is 32.2. The molecule has 1 heterocycles. The summed E-state index contributed by atoms with van der Waals surface area (Å²) < 4.78 is 5.33. The third kappa shape index (κ3) is 4.12. The number of carbonyl (C=O) groups excluding carboxylic acids is 1. The molecule has 0 unspecified atom stereocenters. The van der Waals surface area contributed by atoms with Crippen LogP contribution in [-0.2, 0) is 4.79 Å². The van der Waals surface area contributed by atoms with Gasteiger partial charge >= 0.3 is 0 Å². The molecular formula is C17H15N3O2S2. The van der Waals surface area contributed by atoms with Crippen LogP contribution in [0.15, 0.2) is 59.5 Å². The number of rotatable bonds is 6. The van der Waals surface area contributed by atoms with Gasteiger partial charge in [-0.3, -0.25) is 10.1 Å². The summed E-state index contributed by atoms with van der Waals surface area (Å²) in [5.41, 5.74) is 0.858. The van der Waals surface area contributed by atoms with Gasteiger partial charge in [-0.05, 0) is 24.3 Å². The Labute approximate surface area is 148 Å². The number of hydrogen-bond donors (Lipinski definition) is 1. The van der Waals surface area contributed by atoms with Gasteiger partial charge in [-0.1, -0.05) is 41.7 Å². The average Bonchev–Trinajstić information content (AvgIpc) is 3.09. The van der Waals surface area contributed by atoms with Crippen molar-refractivity contribution in [2.24, 2.45) is 0 Å². The van der Waals surface area contributed by atoms with E-state index in [2.05, 4.69) is 15.5 Å². The molecule has 0 atom stereocenters. The largest absolute Gasteiger partial charge is 0.496 e. The van der Waals surface area contributed by atoms with Gasteiger partial charge in [0, 0.05) is 4.90 Å². The van der Waals surface area contributed by atoms with Gasteiger partial charge in [0.2, 0.25) is 11.0 Å². The second-order valence-corrected chi connectivity index (χ2v) is 6.79. The number of benzene rings is 2. The first-order valence-corrected chi connectivity index (χ1v) is 9.01. The van der Waals surface area contributed by atoms with E-state index in [1.807, 2.05) is 54.6 Å². The molecule has 0 fully saturated rings. The molecule has 0 radical (unpaired) electrons. The lowest BCUT2D eigenvalue weighted by Crippen LogP contribution is -2.13. The van der Waals surface area contributed by atoms with Crippen LogP contribution >= 0.6 is 23.1 Å². The number of nitrogens with one attached hydrogen (secondary N) is 1. The predicted octanol–water partition coefficient (Wildman–Crippen LogP) is 3.94. The van der Waals surface area contributed by atoms with E-state index in [4.69, 9.17) is 4.74 Å². The molecule has 0 aliphatic rings. The molecule has 0 saturated heterocycles. The van der Waals surface area contributed by atoms with Gasteiger partial charge < -0.3 is 4.74 Å². The van der Waals surface area contributed by atoms with Crippen molar-refractivity contribution in [3.8, 4) is 16.3 Å². The van der Waals surface area contributed by atoms with Crippen molar-refractivity contribution in [2.75, 3.05) is 18.2 Å². The van der Waals surface area contributed by atoms with Gasteiger partial charge in [-0.2, -0.15) is 0 Å². The quantitative estimate of drug-likeness (QED) is 0.677. The summed E-state index contributed by atoms with van der Waals surface area (Å²) in [4.78, 5) is 13.1. The molecule has 0 saturated carbocycles. The Hall–Kier alpha value is -2.38. The molecule has 1 N–H and O–H groups in total. The molecule has 0 aliphatic carbocycles. The molecule has 3 rings (SSSR count). The van der Waals surface area contributed by atoms with Crippen LogP contribution in [0.1, 0.15) is 0 Å². The minimum Gasteiger partial charge on any atom is -0.496 e. The van der Waals surface area contributed by atoms with Gasteiger partial charge in [-0.25, -0.2) is 0 Å². The Morgan fingerprint density at radius 3 is 2.67 bits per heavy atom. The number of hydrogen-bond acceptors (Lipinski definition) is 6. The van der Waals surface area contributed by atoms with Crippen LogP contribution in [-0.4, -0.2) is 29.0 Å². The number of aromatic nitrogens is 2. The van der Waals surface area contributed by atoms with Gasteiger partial charge in [0.1, 0.15) is 5.75 Å². The van der Waals surface area contributed by atoms with Crippen LogP contribution in [0.5, 0.6) is 5.75 Å². The zero-order valence-corrected chi connectivity index (χ0v) is 14.6. The average molecular weight is 357 g/mol. The second kappa shape index (κ2) is 7.94. The summed E-state index contributed by atoms with van der Waals surface area (Å²) in [7, 11) is 1.61. The fraction of sp³-hybridized carbons (Fsp3) is 0.118. The molecule has 3 aromatic rings. The minimum atomic E-state index is -0.105. The van der Waals surface area contributed by atoms with Crippen molar-refractivity contribution >= 4 is 34.1 Å². The lowest BCUT2D eigenvalue weighted by molar-refractivity contribution is -0.113. The summed E-state index contributed by atoms with van der Waals surface area (Å²) in [5, 5.41) is 12.1. The molecule has 1 aromatic heterocycles. The first-order valence-electron chi connectivity index (χ1n) is 7.21. The Morgan fingerprint density at radius 1 is 1.12 bits per heavy atom. The number of carbonyl (C=O) groups is 1. The fourth-order valence-electron chi connectivity index (χ4n) is 2.02. The molecular weight excluding hydrogens is 342 g/mol. The maximum atomic E-state index is 12.0. The maximum Gasteiger partial charge on any atom is 0.236 e. The number of methoxy groups -OCH3 is 1. The van der Waals surface area contributed by atoms with Crippen molar-refractivity contribution in [3.05, 3.63) is 54.6 Å². The highest BCUT2D eigenvalue weighted by Gasteiger charge is 2.13. The van der Waals surface area contributed by atoms with Crippen LogP contribution in [0.3, 0.4) is 0 Å². The summed E-state index contributed by atoms with van der Waals surface area (Å²) in [6.07, 6.45) is 0. The predicted molar refractivity (Wildman–Crippen MR) is 97.7 cm³/mol. The second-order valence-electron chi connectivity index (χ2n) is 4.76. The third-order valence-electron chi connectivity index (χ3n) is 3.12. The van der Waals surface area contributed by atoms with Crippen molar-refractivity contribution in [1.82, 2.24) is 10.2 Å². The zero-order chi connectivity index (χ0) is 16.8. The first kappa shape index (κ1) is 16.5. The van der Waals surface area contributed by atoms with Crippen molar-refractivity contribution in [3.63, 3.8) is 0 Å². The van der Waals surface area contributed by atoms with Gasteiger partial charge in [-0.15, -0.1) is 22.0 Å². The van der Waals surface area contributed by atoms with Crippen LogP contribution in [0.25, 0.3) is 10.6 Å². The van der Waals surface area contributed by atoms with E-state index >= 15 is 0 Å². The van der Waals surface area contributed by atoms with Crippen molar-refractivity contribution in [2.45, 2.75) is 4.90 Å². The van der Waals surface area contributed by atoms with Crippen LogP contribution in [0.4, 0.5) is 5.13 Å². The van der Waals surface area contributed by atoms with Gasteiger partial charge in [0.15, 0.2) is 5.01 Å². The van der Waals surface area contributed by atoms with Crippen molar-refractivity contribution in [1.29, 1.82) is 0 Å². The van der Waals surface area contributed by atoms with E-state index < -0.39 is 0 Å². The van der Waals surface area contributed by atoms with E-state index in [1.54, 1.807) is 7.11 Å². The number of para-hydroxylation sites is 1. The SMILES string of the molecule is COc1ccccc1-c1nnc(NC(=O)CSc2ccccc2)s1. The number of thioether (sulfide) groups is 1. The summed E-state index contributed by atoms with van der Waals surface area (Å²) in [6, 6.07) is 17.4. The fourth-order valence-corrected chi connectivity index (χ4v) is 3.53. The molecule has 1 amide bonds. The molecule has 122 valence electrons. The zero-order valence-electron chi connectivity index (χ0n) is 12.9. The molecule has 2 aromatic carbocycles. The van der Waals surface area contributed by atoms with Crippen LogP contribution < -0.4 is 10.1 Å². The van der Waals surface area contributed by atoms with Gasteiger partial charge in [0.25, 0.3) is 0 Å². The minimum absolute atomic E-state index is 0.105. The Kier molecular flexibility index (Phi) is 5.45. The Morgan fingerprint density at radius 2 is 1.88 bits per heavy atom.